The Morgan fingerprint density at radius 1 is 0.880 bits per heavy atom. The summed E-state index contributed by atoms with van der Waals surface area (Å²) in [7, 11) is 0. The SMILES string of the molecule is O=[N+]([O-])c1ccccc1Cc1ncnn1Cc1ccccc1[N+](=O)[O-]. The van der Waals surface area contributed by atoms with Crippen molar-refractivity contribution in [3.8, 4) is 0 Å². The van der Waals surface area contributed by atoms with Crippen LogP contribution in [0.3, 0.4) is 0 Å². The molecule has 126 valence electrons. The molecule has 3 aromatic rings. The Hall–Kier alpha value is -3.62. The van der Waals surface area contributed by atoms with Gasteiger partial charge in [-0.1, -0.05) is 36.4 Å². The number of aromatic nitrogens is 3. The number of benzene rings is 2. The van der Waals surface area contributed by atoms with Crippen molar-refractivity contribution in [3.63, 3.8) is 0 Å². The summed E-state index contributed by atoms with van der Waals surface area (Å²) in [5, 5.41) is 26.4. The van der Waals surface area contributed by atoms with Gasteiger partial charge in [-0.3, -0.25) is 20.2 Å². The molecule has 0 bridgehead atoms. The lowest BCUT2D eigenvalue weighted by Crippen LogP contribution is -2.10. The number of hydrogen-bond donors (Lipinski definition) is 0. The Morgan fingerprint density at radius 2 is 1.44 bits per heavy atom. The monoisotopic (exact) mass is 339 g/mol. The molecule has 0 saturated heterocycles. The number of rotatable bonds is 6. The van der Waals surface area contributed by atoms with Crippen molar-refractivity contribution in [1.82, 2.24) is 14.8 Å². The number of hydrogen-bond acceptors (Lipinski definition) is 6. The Bertz CT molecular complexity index is 864. The van der Waals surface area contributed by atoms with Crippen LogP contribution in [0.2, 0.25) is 0 Å². The minimum absolute atomic E-state index is 0.00254. The van der Waals surface area contributed by atoms with Crippen molar-refractivity contribution in [1.29, 1.82) is 0 Å². The van der Waals surface area contributed by atoms with Gasteiger partial charge in [-0.05, 0) is 0 Å². The van der Waals surface area contributed by atoms with Crippen LogP contribution in [0.25, 0.3) is 0 Å². The van der Waals surface area contributed by atoms with Crippen molar-refractivity contribution < 1.29 is 9.85 Å². The maximum atomic E-state index is 11.1. The van der Waals surface area contributed by atoms with E-state index in [4.69, 9.17) is 0 Å². The second-order valence-electron chi connectivity index (χ2n) is 5.28. The second kappa shape index (κ2) is 6.87. The molecule has 2 aromatic carbocycles. The third-order valence-electron chi connectivity index (χ3n) is 3.74. The number of nitrogens with zero attached hydrogens (tertiary/aromatic N) is 5. The summed E-state index contributed by atoms with van der Waals surface area (Å²) in [6.45, 7) is 0.160. The number of nitro groups is 2. The average molecular weight is 339 g/mol. The normalized spacial score (nSPS) is 10.6. The lowest BCUT2D eigenvalue weighted by Gasteiger charge is -2.07. The van der Waals surface area contributed by atoms with Crippen LogP contribution in [-0.2, 0) is 13.0 Å². The molecule has 0 aliphatic heterocycles. The summed E-state index contributed by atoms with van der Waals surface area (Å²) in [4.78, 5) is 25.5. The van der Waals surface area contributed by atoms with Gasteiger partial charge in [0.05, 0.1) is 22.0 Å². The van der Waals surface area contributed by atoms with Crippen LogP contribution in [0.15, 0.2) is 54.9 Å². The van der Waals surface area contributed by atoms with Crippen molar-refractivity contribution in [2.75, 3.05) is 0 Å². The van der Waals surface area contributed by atoms with E-state index in [0.29, 0.717) is 17.0 Å². The predicted molar refractivity (Wildman–Crippen MR) is 88.1 cm³/mol. The van der Waals surface area contributed by atoms with Crippen LogP contribution >= 0.6 is 0 Å². The Balaban J connectivity index is 1.90. The maximum absolute atomic E-state index is 11.1. The first-order valence-electron chi connectivity index (χ1n) is 7.37. The molecular weight excluding hydrogens is 326 g/mol. The first-order valence-corrected chi connectivity index (χ1v) is 7.37. The van der Waals surface area contributed by atoms with Gasteiger partial charge in [0.25, 0.3) is 11.4 Å². The summed E-state index contributed by atoms with van der Waals surface area (Å²) < 4.78 is 1.51. The zero-order valence-corrected chi connectivity index (χ0v) is 13.0. The summed E-state index contributed by atoms with van der Waals surface area (Å²) in [6.07, 6.45) is 1.54. The fourth-order valence-electron chi connectivity index (χ4n) is 2.55. The molecule has 0 unspecified atom stereocenters. The van der Waals surface area contributed by atoms with Crippen molar-refractivity contribution in [2.24, 2.45) is 0 Å². The third-order valence-corrected chi connectivity index (χ3v) is 3.74. The molecule has 0 saturated carbocycles. The van der Waals surface area contributed by atoms with Crippen molar-refractivity contribution in [2.45, 2.75) is 13.0 Å². The predicted octanol–water partition coefficient (Wildman–Crippen LogP) is 2.73. The first kappa shape index (κ1) is 16.2. The van der Waals surface area contributed by atoms with E-state index in [1.54, 1.807) is 36.4 Å². The average Bonchev–Trinajstić information content (AvgIpc) is 3.02. The lowest BCUT2D eigenvalue weighted by atomic mass is 10.1. The number of nitro benzene ring substituents is 2. The summed E-state index contributed by atoms with van der Waals surface area (Å²) in [6, 6.07) is 12.8. The number of para-hydroxylation sites is 2. The minimum atomic E-state index is -0.450. The maximum Gasteiger partial charge on any atom is 0.274 e. The molecule has 1 aromatic heterocycles. The van der Waals surface area contributed by atoms with E-state index in [1.807, 2.05) is 0 Å². The highest BCUT2D eigenvalue weighted by Crippen LogP contribution is 2.22. The topological polar surface area (TPSA) is 117 Å². The Kier molecular flexibility index (Phi) is 4.46. The van der Waals surface area contributed by atoms with E-state index >= 15 is 0 Å². The molecule has 0 atom stereocenters. The van der Waals surface area contributed by atoms with Crippen molar-refractivity contribution >= 4 is 11.4 Å². The van der Waals surface area contributed by atoms with E-state index < -0.39 is 9.85 Å². The van der Waals surface area contributed by atoms with Crippen LogP contribution in [0, 0.1) is 20.2 Å². The molecule has 0 spiro atoms. The molecule has 0 N–H and O–H groups in total. The van der Waals surface area contributed by atoms with E-state index in [9.17, 15) is 20.2 Å². The van der Waals surface area contributed by atoms with E-state index in [-0.39, 0.29) is 24.3 Å². The molecule has 0 aliphatic carbocycles. The molecule has 1 heterocycles. The highest BCUT2D eigenvalue weighted by atomic mass is 16.6. The Labute approximate surface area is 141 Å². The van der Waals surface area contributed by atoms with E-state index in [2.05, 4.69) is 10.1 Å². The smallest absolute Gasteiger partial charge is 0.258 e. The molecule has 3 rings (SSSR count). The highest BCUT2D eigenvalue weighted by molar-refractivity contribution is 5.42. The fraction of sp³-hybridized carbons (Fsp3) is 0.125. The summed E-state index contributed by atoms with van der Waals surface area (Å²) in [5.41, 5.74) is 0.989. The summed E-state index contributed by atoms with van der Waals surface area (Å²) >= 11 is 0. The standard InChI is InChI=1S/C16H13N5O4/c22-20(23)14-7-3-1-5-12(14)9-16-17-11-18-19(16)10-13-6-2-4-8-15(13)21(24)25/h1-8,11H,9-10H2. The van der Waals surface area contributed by atoms with Crippen LogP contribution < -0.4 is 0 Å². The Morgan fingerprint density at radius 3 is 2.08 bits per heavy atom. The molecule has 0 radical (unpaired) electrons. The quantitative estimate of drug-likeness (QED) is 0.503. The van der Waals surface area contributed by atoms with Gasteiger partial charge in [-0.25, -0.2) is 9.67 Å². The molecule has 9 nitrogen and oxygen atoms in total. The van der Waals surface area contributed by atoms with Gasteiger partial charge in [-0.2, -0.15) is 5.10 Å². The third kappa shape index (κ3) is 3.50. The van der Waals surface area contributed by atoms with E-state index in [0.717, 1.165) is 0 Å². The van der Waals surface area contributed by atoms with Gasteiger partial charge in [-0.15, -0.1) is 0 Å². The van der Waals surface area contributed by atoms with Gasteiger partial charge in [0.1, 0.15) is 12.2 Å². The van der Waals surface area contributed by atoms with Gasteiger partial charge < -0.3 is 0 Å². The second-order valence-corrected chi connectivity index (χ2v) is 5.28. The molecular formula is C16H13N5O4. The molecule has 9 heteroatoms. The minimum Gasteiger partial charge on any atom is -0.258 e. The van der Waals surface area contributed by atoms with Gasteiger partial charge in [0, 0.05) is 24.1 Å². The zero-order chi connectivity index (χ0) is 17.8. The van der Waals surface area contributed by atoms with Crippen LogP contribution in [0.4, 0.5) is 11.4 Å². The molecule has 0 amide bonds. The van der Waals surface area contributed by atoms with Crippen LogP contribution in [-0.4, -0.2) is 24.6 Å². The van der Waals surface area contributed by atoms with Crippen molar-refractivity contribution in [3.05, 3.63) is 92.0 Å². The highest BCUT2D eigenvalue weighted by Gasteiger charge is 2.18. The first-order chi connectivity index (χ1) is 12.1. The molecule has 25 heavy (non-hydrogen) atoms. The lowest BCUT2D eigenvalue weighted by molar-refractivity contribution is -0.385. The zero-order valence-electron chi connectivity index (χ0n) is 13.0. The molecule has 0 aliphatic rings. The fourth-order valence-corrected chi connectivity index (χ4v) is 2.55. The molecule has 0 fully saturated rings. The van der Waals surface area contributed by atoms with Crippen LogP contribution in [0.5, 0.6) is 0 Å². The van der Waals surface area contributed by atoms with E-state index in [1.165, 1.54) is 23.1 Å². The van der Waals surface area contributed by atoms with Crippen LogP contribution in [0.1, 0.15) is 17.0 Å². The van der Waals surface area contributed by atoms with Gasteiger partial charge in [0.2, 0.25) is 0 Å². The summed E-state index contributed by atoms with van der Waals surface area (Å²) in [5.74, 6) is 0.493. The largest absolute Gasteiger partial charge is 0.274 e. The van der Waals surface area contributed by atoms with Gasteiger partial charge in [0.15, 0.2) is 0 Å². The van der Waals surface area contributed by atoms with Gasteiger partial charge >= 0.3 is 0 Å².